The zero-order valence-electron chi connectivity index (χ0n) is 41.6. The van der Waals surface area contributed by atoms with Crippen molar-refractivity contribution in [2.24, 2.45) is 0 Å². The second kappa shape index (κ2) is 17.7. The SMILES string of the molecule is c1ccc([Si](c2ccccc2)(c2ccccc2)c2ccc(-c3ccc(N(c4ccc(-c5cc6c7ccccc7n7c8ccccc8c(c5)c67)cc4)c4ccc(-n5c6ccccc6c6ccccc65)cc4)cc3)cc2)cc1. The molecule has 0 amide bonds. The summed E-state index contributed by atoms with van der Waals surface area (Å²) in [5.74, 6) is 0. The number of nitrogens with zero attached hydrogens (tertiary/aromatic N) is 3. The summed E-state index contributed by atoms with van der Waals surface area (Å²) in [6.07, 6.45) is 0. The zero-order valence-corrected chi connectivity index (χ0v) is 42.6. The van der Waals surface area contributed by atoms with Gasteiger partial charge in [0.05, 0.1) is 27.6 Å². The van der Waals surface area contributed by atoms with Gasteiger partial charge in [-0.25, -0.2) is 0 Å². The Morgan fingerprint density at radius 1 is 0.250 bits per heavy atom. The minimum atomic E-state index is -2.64. The van der Waals surface area contributed by atoms with Crippen molar-refractivity contribution >= 4 is 106 Å². The predicted octanol–water partition coefficient (Wildman–Crippen LogP) is 16.1. The normalized spacial score (nSPS) is 11.9. The number of aromatic nitrogens is 2. The van der Waals surface area contributed by atoms with Crippen LogP contribution in [-0.4, -0.2) is 17.0 Å². The van der Waals surface area contributed by atoms with Crippen molar-refractivity contribution in [3.63, 3.8) is 0 Å². The van der Waals surface area contributed by atoms with E-state index in [9.17, 15) is 0 Å². The number of hydrogen-bond acceptors (Lipinski definition) is 1. The predicted molar refractivity (Wildman–Crippen MR) is 325 cm³/mol. The lowest BCUT2D eigenvalue weighted by molar-refractivity contribution is 1.17. The van der Waals surface area contributed by atoms with Crippen molar-refractivity contribution in [1.82, 2.24) is 8.97 Å². The van der Waals surface area contributed by atoms with E-state index < -0.39 is 8.07 Å². The van der Waals surface area contributed by atoms with Crippen LogP contribution in [0.3, 0.4) is 0 Å². The van der Waals surface area contributed by atoms with Gasteiger partial charge in [-0.1, -0.05) is 212 Å². The number of anilines is 3. The van der Waals surface area contributed by atoms with E-state index in [0.29, 0.717) is 0 Å². The van der Waals surface area contributed by atoms with Crippen molar-refractivity contribution in [3.05, 3.63) is 297 Å². The van der Waals surface area contributed by atoms with E-state index in [1.165, 1.54) is 103 Å². The lowest BCUT2D eigenvalue weighted by atomic mass is 9.99. The number of rotatable bonds is 10. The Labute approximate surface area is 442 Å². The maximum Gasteiger partial charge on any atom is 0.179 e. The summed E-state index contributed by atoms with van der Waals surface area (Å²) in [4.78, 5) is 2.39. The molecule has 0 fully saturated rings. The van der Waals surface area contributed by atoms with Crippen LogP contribution in [0.15, 0.2) is 297 Å². The molecule has 15 rings (SSSR count). The van der Waals surface area contributed by atoms with E-state index in [1.807, 2.05) is 0 Å². The number of para-hydroxylation sites is 4. The molecule has 15 aromatic rings. The van der Waals surface area contributed by atoms with Crippen LogP contribution in [0.4, 0.5) is 17.1 Å². The summed E-state index contributed by atoms with van der Waals surface area (Å²) in [5.41, 5.74) is 15.3. The summed E-state index contributed by atoms with van der Waals surface area (Å²) in [6.45, 7) is 0. The Kier molecular flexibility index (Phi) is 10.2. The molecule has 4 heteroatoms. The Balaban J connectivity index is 0.827. The first-order valence-electron chi connectivity index (χ1n) is 26.2. The van der Waals surface area contributed by atoms with Crippen molar-refractivity contribution in [1.29, 1.82) is 0 Å². The van der Waals surface area contributed by atoms with Crippen LogP contribution in [0.25, 0.3) is 87.8 Å². The van der Waals surface area contributed by atoms with Gasteiger partial charge < -0.3 is 13.9 Å². The van der Waals surface area contributed by atoms with Gasteiger partial charge in [-0.15, -0.1) is 0 Å². The molecule has 0 radical (unpaired) electrons. The lowest BCUT2D eigenvalue weighted by Gasteiger charge is -2.34. The molecule has 0 atom stereocenters. The monoisotopic (exact) mass is 983 g/mol. The minimum absolute atomic E-state index is 1.08. The number of fused-ring (bicyclic) bond motifs is 9. The highest BCUT2D eigenvalue weighted by Gasteiger charge is 2.41. The Bertz CT molecular complexity index is 4350. The van der Waals surface area contributed by atoms with Crippen molar-refractivity contribution < 1.29 is 0 Å². The molecule has 0 saturated heterocycles. The van der Waals surface area contributed by atoms with E-state index in [-0.39, 0.29) is 0 Å². The fourth-order valence-electron chi connectivity index (χ4n) is 12.6. The van der Waals surface area contributed by atoms with Crippen LogP contribution in [0, 0.1) is 0 Å². The molecule has 0 aliphatic rings. The highest BCUT2D eigenvalue weighted by atomic mass is 28.3. The summed E-state index contributed by atoms with van der Waals surface area (Å²) < 4.78 is 4.83. The van der Waals surface area contributed by atoms with Crippen LogP contribution in [0.5, 0.6) is 0 Å². The molecule has 12 aromatic carbocycles. The van der Waals surface area contributed by atoms with Gasteiger partial charge in [-0.2, -0.15) is 0 Å². The summed E-state index contributed by atoms with van der Waals surface area (Å²) >= 11 is 0. The van der Waals surface area contributed by atoms with Crippen LogP contribution in [-0.2, 0) is 0 Å². The Hall–Kier alpha value is -9.74. The van der Waals surface area contributed by atoms with Crippen molar-refractivity contribution in [2.75, 3.05) is 4.90 Å². The fourth-order valence-corrected chi connectivity index (χ4v) is 17.3. The molecule has 3 heterocycles. The highest BCUT2D eigenvalue weighted by Crippen LogP contribution is 2.43. The minimum Gasteiger partial charge on any atom is -0.311 e. The first-order chi connectivity index (χ1) is 37.7. The smallest absolute Gasteiger partial charge is 0.179 e. The molecular formula is C72H49N3Si. The summed E-state index contributed by atoms with van der Waals surface area (Å²) in [7, 11) is -2.64. The molecule has 0 bridgehead atoms. The first-order valence-corrected chi connectivity index (χ1v) is 28.2. The zero-order chi connectivity index (χ0) is 50.2. The van der Waals surface area contributed by atoms with E-state index >= 15 is 0 Å². The fraction of sp³-hybridized carbons (Fsp3) is 0. The van der Waals surface area contributed by atoms with E-state index in [0.717, 1.165) is 22.7 Å². The highest BCUT2D eigenvalue weighted by molar-refractivity contribution is 7.19. The lowest BCUT2D eigenvalue weighted by Crippen LogP contribution is -2.74. The maximum absolute atomic E-state index is 2.64. The largest absolute Gasteiger partial charge is 0.311 e. The molecule has 0 unspecified atom stereocenters. The van der Waals surface area contributed by atoms with Gasteiger partial charge in [0.25, 0.3) is 0 Å². The van der Waals surface area contributed by atoms with Crippen molar-refractivity contribution in [2.45, 2.75) is 0 Å². The van der Waals surface area contributed by atoms with Crippen LogP contribution in [0.1, 0.15) is 0 Å². The summed E-state index contributed by atoms with van der Waals surface area (Å²) in [6, 6.07) is 110. The van der Waals surface area contributed by atoms with E-state index in [1.54, 1.807) is 0 Å². The first kappa shape index (κ1) is 43.8. The molecule has 0 aliphatic carbocycles. The summed E-state index contributed by atoms with van der Waals surface area (Å²) in [5, 5.41) is 13.1. The van der Waals surface area contributed by atoms with Gasteiger partial charge in [0.1, 0.15) is 0 Å². The Morgan fingerprint density at radius 3 is 0.987 bits per heavy atom. The molecule has 0 aliphatic heterocycles. The van der Waals surface area contributed by atoms with Gasteiger partial charge in [0.2, 0.25) is 0 Å². The molecule has 0 saturated carbocycles. The van der Waals surface area contributed by atoms with E-state index in [2.05, 4.69) is 311 Å². The van der Waals surface area contributed by atoms with Crippen molar-refractivity contribution in [3.8, 4) is 27.9 Å². The molecule has 3 nitrogen and oxygen atoms in total. The number of benzene rings is 12. The maximum atomic E-state index is 2.45. The third-order valence-corrected chi connectivity index (χ3v) is 20.8. The van der Waals surface area contributed by atoms with Gasteiger partial charge in [0.15, 0.2) is 8.07 Å². The van der Waals surface area contributed by atoms with Gasteiger partial charge in [0, 0.05) is 55.1 Å². The Morgan fingerprint density at radius 2 is 0.566 bits per heavy atom. The van der Waals surface area contributed by atoms with E-state index in [4.69, 9.17) is 0 Å². The molecule has 3 aromatic heterocycles. The van der Waals surface area contributed by atoms with Crippen LogP contribution >= 0.6 is 0 Å². The molecule has 356 valence electrons. The second-order valence-electron chi connectivity index (χ2n) is 20.0. The second-order valence-corrected chi connectivity index (χ2v) is 23.8. The average Bonchev–Trinajstić information content (AvgIpc) is 4.14. The van der Waals surface area contributed by atoms with Crippen LogP contribution < -0.4 is 25.6 Å². The molecule has 76 heavy (non-hydrogen) atoms. The topological polar surface area (TPSA) is 12.6 Å². The third-order valence-electron chi connectivity index (χ3n) is 16.0. The standard InChI is InChI=1S/C72H49N3Si/c1-4-18-58(19-5-1)76(59-20-6-2-7-21-59,60-22-8-3-9-23-60)61-46-36-51(37-47-61)50-32-38-54(39-33-50)73(56-42-44-57(45-43-56)74-68-28-14-10-24-62(68)63-25-11-15-29-69(63)74)55-40-34-52(35-41-55)53-48-66-64-26-12-16-30-70(64)75-71-31-17-13-27-65(71)67(49-53)72(66)75/h1-49H. The number of hydrogen-bond donors (Lipinski definition) is 0. The van der Waals surface area contributed by atoms with Crippen LogP contribution in [0.2, 0.25) is 0 Å². The molecular weight excluding hydrogens is 935 g/mol. The average molecular weight is 984 g/mol. The molecule has 0 N–H and O–H groups in total. The van der Waals surface area contributed by atoms with Gasteiger partial charge >= 0.3 is 0 Å². The third kappa shape index (κ3) is 6.81. The molecule has 0 spiro atoms. The van der Waals surface area contributed by atoms with Gasteiger partial charge in [-0.3, -0.25) is 0 Å². The quantitative estimate of drug-likeness (QED) is 0.0983. The van der Waals surface area contributed by atoms with Gasteiger partial charge in [-0.05, 0) is 128 Å².